The summed E-state index contributed by atoms with van der Waals surface area (Å²) in [5.74, 6) is 1.02. The van der Waals surface area contributed by atoms with E-state index in [4.69, 9.17) is 21.1 Å². The Bertz CT molecular complexity index is 998. The molecule has 0 amide bonds. The van der Waals surface area contributed by atoms with E-state index in [0.717, 1.165) is 11.1 Å². The van der Waals surface area contributed by atoms with Gasteiger partial charge in [0.05, 0.1) is 17.3 Å². The molecule has 5 nitrogen and oxygen atoms in total. The number of nitrogens with zero attached hydrogens (tertiary/aromatic N) is 1. The lowest BCUT2D eigenvalue weighted by atomic mass is 10.1. The van der Waals surface area contributed by atoms with E-state index in [0.29, 0.717) is 28.8 Å². The molecule has 0 atom stereocenters. The van der Waals surface area contributed by atoms with Crippen LogP contribution in [-0.4, -0.2) is 16.5 Å². The number of rotatable bonds is 3. The molecule has 0 saturated carbocycles. The summed E-state index contributed by atoms with van der Waals surface area (Å²) in [7, 11) is 0. The molecule has 0 bridgehead atoms. The molecule has 3 aromatic rings. The maximum absolute atomic E-state index is 12.5. The summed E-state index contributed by atoms with van der Waals surface area (Å²) in [5.41, 5.74) is 1.97. The molecule has 0 unspecified atom stereocenters. The average molecular weight is 356 g/mol. The van der Waals surface area contributed by atoms with E-state index in [1.807, 2.05) is 36.4 Å². The second-order valence-electron chi connectivity index (χ2n) is 5.70. The molecule has 2 heterocycles. The topological polar surface area (TPSA) is 60.7 Å². The van der Waals surface area contributed by atoms with Gasteiger partial charge >= 0.3 is 0 Å². The third-order valence-corrected chi connectivity index (χ3v) is 4.29. The first-order valence-corrected chi connectivity index (χ1v) is 8.07. The smallest absolute Gasteiger partial charge is 0.255 e. The number of aromatic hydroxyl groups is 1. The van der Waals surface area contributed by atoms with Crippen LogP contribution in [0.5, 0.6) is 17.2 Å². The van der Waals surface area contributed by atoms with E-state index in [9.17, 15) is 9.90 Å². The highest BCUT2D eigenvalue weighted by Gasteiger charge is 2.19. The summed E-state index contributed by atoms with van der Waals surface area (Å²) >= 11 is 6.23. The van der Waals surface area contributed by atoms with Crippen molar-refractivity contribution in [3.63, 3.8) is 0 Å². The van der Waals surface area contributed by atoms with E-state index in [1.54, 1.807) is 16.7 Å². The van der Waals surface area contributed by atoms with Gasteiger partial charge < -0.3 is 19.1 Å². The summed E-state index contributed by atoms with van der Waals surface area (Å²) in [6, 6.07) is 15.8. The fraction of sp³-hybridized carbons (Fsp3) is 0.105. The van der Waals surface area contributed by atoms with E-state index >= 15 is 0 Å². The van der Waals surface area contributed by atoms with Crippen molar-refractivity contribution >= 4 is 11.6 Å². The van der Waals surface area contributed by atoms with Crippen LogP contribution in [0.1, 0.15) is 5.56 Å². The highest BCUT2D eigenvalue weighted by Crippen LogP contribution is 2.40. The van der Waals surface area contributed by atoms with Gasteiger partial charge in [0.15, 0.2) is 11.5 Å². The lowest BCUT2D eigenvalue weighted by molar-refractivity contribution is 0.174. The van der Waals surface area contributed by atoms with Gasteiger partial charge in [0.2, 0.25) is 6.79 Å². The zero-order valence-corrected chi connectivity index (χ0v) is 13.9. The van der Waals surface area contributed by atoms with Crippen molar-refractivity contribution in [1.29, 1.82) is 0 Å². The van der Waals surface area contributed by atoms with Crippen LogP contribution in [0.3, 0.4) is 0 Å². The Morgan fingerprint density at radius 1 is 1.08 bits per heavy atom. The molecule has 4 rings (SSSR count). The molecule has 1 aliphatic rings. The molecule has 1 N–H and O–H groups in total. The SMILES string of the molecule is O=c1cc(O)cc(-c2ccccc2)n1Cc1cc(Cl)c2c(c1)OCO2. The van der Waals surface area contributed by atoms with Crippen LogP contribution >= 0.6 is 11.6 Å². The van der Waals surface area contributed by atoms with Crippen LogP contribution < -0.4 is 15.0 Å². The summed E-state index contributed by atoms with van der Waals surface area (Å²) in [5, 5.41) is 10.3. The summed E-state index contributed by atoms with van der Waals surface area (Å²) in [4.78, 5) is 12.5. The molecule has 1 aliphatic heterocycles. The predicted molar refractivity (Wildman–Crippen MR) is 94.5 cm³/mol. The van der Waals surface area contributed by atoms with E-state index < -0.39 is 0 Å². The first-order chi connectivity index (χ1) is 12.1. The lowest BCUT2D eigenvalue weighted by Gasteiger charge is -2.14. The van der Waals surface area contributed by atoms with Crippen molar-refractivity contribution in [2.24, 2.45) is 0 Å². The lowest BCUT2D eigenvalue weighted by Crippen LogP contribution is -2.21. The summed E-state index contributed by atoms with van der Waals surface area (Å²) in [6.07, 6.45) is 0. The number of fused-ring (bicyclic) bond motifs is 1. The van der Waals surface area contributed by atoms with Crippen molar-refractivity contribution in [3.8, 4) is 28.5 Å². The quantitative estimate of drug-likeness (QED) is 0.779. The molecule has 6 heteroatoms. The largest absolute Gasteiger partial charge is 0.508 e. The Kier molecular flexibility index (Phi) is 3.86. The third kappa shape index (κ3) is 2.94. The fourth-order valence-electron chi connectivity index (χ4n) is 2.89. The molecule has 126 valence electrons. The average Bonchev–Trinajstić information content (AvgIpc) is 3.07. The Labute approximate surface area is 148 Å². The molecular weight excluding hydrogens is 342 g/mol. The predicted octanol–water partition coefficient (Wildman–Crippen LogP) is 3.65. The van der Waals surface area contributed by atoms with Crippen LogP contribution in [0.4, 0.5) is 0 Å². The van der Waals surface area contributed by atoms with Crippen molar-refractivity contribution in [1.82, 2.24) is 4.57 Å². The molecule has 0 spiro atoms. The molecule has 0 radical (unpaired) electrons. The van der Waals surface area contributed by atoms with Crippen molar-refractivity contribution < 1.29 is 14.6 Å². The molecule has 2 aromatic carbocycles. The van der Waals surface area contributed by atoms with Gasteiger partial charge in [0, 0.05) is 12.1 Å². The molecule has 0 aliphatic carbocycles. The summed E-state index contributed by atoms with van der Waals surface area (Å²) < 4.78 is 12.3. The van der Waals surface area contributed by atoms with Gasteiger partial charge in [-0.05, 0) is 23.3 Å². The number of hydrogen-bond acceptors (Lipinski definition) is 4. The zero-order valence-electron chi connectivity index (χ0n) is 13.1. The van der Waals surface area contributed by atoms with E-state index in [-0.39, 0.29) is 18.1 Å². The van der Waals surface area contributed by atoms with Crippen molar-refractivity contribution in [2.75, 3.05) is 6.79 Å². The second-order valence-corrected chi connectivity index (χ2v) is 6.11. The van der Waals surface area contributed by atoms with Gasteiger partial charge in [-0.25, -0.2) is 0 Å². The van der Waals surface area contributed by atoms with Crippen LogP contribution in [-0.2, 0) is 6.54 Å². The van der Waals surface area contributed by atoms with Gasteiger partial charge in [0.1, 0.15) is 5.75 Å². The number of hydrogen-bond donors (Lipinski definition) is 1. The maximum atomic E-state index is 12.5. The van der Waals surface area contributed by atoms with Gasteiger partial charge in [0.25, 0.3) is 5.56 Å². The number of aromatic nitrogens is 1. The minimum absolute atomic E-state index is 0.0659. The Hall–Kier alpha value is -2.92. The normalized spacial score (nSPS) is 12.4. The molecule has 1 aromatic heterocycles. The summed E-state index contributed by atoms with van der Waals surface area (Å²) in [6.45, 7) is 0.423. The third-order valence-electron chi connectivity index (χ3n) is 4.01. The number of halogens is 1. The highest BCUT2D eigenvalue weighted by atomic mass is 35.5. The van der Waals surface area contributed by atoms with Crippen LogP contribution in [0.25, 0.3) is 11.3 Å². The minimum atomic E-state index is -0.298. The monoisotopic (exact) mass is 355 g/mol. The number of pyridine rings is 1. The van der Waals surface area contributed by atoms with Crippen LogP contribution in [0.15, 0.2) is 59.4 Å². The fourth-order valence-corrected chi connectivity index (χ4v) is 3.18. The van der Waals surface area contributed by atoms with Crippen molar-refractivity contribution in [2.45, 2.75) is 6.54 Å². The first-order valence-electron chi connectivity index (χ1n) is 7.69. The van der Waals surface area contributed by atoms with Gasteiger partial charge in [-0.3, -0.25) is 4.79 Å². The zero-order chi connectivity index (χ0) is 17.4. The number of benzene rings is 2. The molecule has 0 fully saturated rings. The van der Waals surface area contributed by atoms with Gasteiger partial charge in [-0.1, -0.05) is 41.9 Å². The number of ether oxygens (including phenoxy) is 2. The molecule has 0 saturated heterocycles. The van der Waals surface area contributed by atoms with Crippen LogP contribution in [0.2, 0.25) is 5.02 Å². The standard InChI is InChI=1S/C19H14ClNO4/c20-15-6-12(7-17-19(15)25-11-24-17)10-21-16(8-14(22)9-18(21)23)13-4-2-1-3-5-13/h1-9,22H,10-11H2. The first kappa shape index (κ1) is 15.6. The molecular formula is C19H14ClNO4. The minimum Gasteiger partial charge on any atom is -0.508 e. The van der Waals surface area contributed by atoms with Crippen LogP contribution in [0, 0.1) is 0 Å². The van der Waals surface area contributed by atoms with Gasteiger partial charge in [-0.2, -0.15) is 0 Å². The Morgan fingerprint density at radius 2 is 1.88 bits per heavy atom. The maximum Gasteiger partial charge on any atom is 0.255 e. The Morgan fingerprint density at radius 3 is 2.68 bits per heavy atom. The van der Waals surface area contributed by atoms with Gasteiger partial charge in [-0.15, -0.1) is 0 Å². The van der Waals surface area contributed by atoms with Crippen molar-refractivity contribution in [3.05, 3.63) is 75.5 Å². The van der Waals surface area contributed by atoms with E-state index in [2.05, 4.69) is 0 Å². The van der Waals surface area contributed by atoms with E-state index in [1.165, 1.54) is 6.07 Å². The Balaban J connectivity index is 1.81. The molecule has 25 heavy (non-hydrogen) atoms. The second kappa shape index (κ2) is 6.18. The highest BCUT2D eigenvalue weighted by molar-refractivity contribution is 6.32.